The standard InChI is InChI=1S/C91H89N5O3Si4/c1-100(2,3)87-50-32-28-46-81(87)95(82-47-29-33-51-88(82)101(4,5)6)73-58-71(92(66-36-18-13-19-37-66)67-38-20-14-21-39-67)60-77(62-73)98-75-54-56-79-85(64-75)94(70-44-26-17-27-45-70)86-65-76(55-57-80(86)91(79)97)99-78-61-72(93(68-40-22-15-23-41-68)69-42-24-16-25-43-69)59-74(63-78)96(83-48-30-34-52-89(83)102(7,8)9)84-49-31-35-53-90(84)103(10,11)12/h13-65H,1-12H3. The molecule has 12 heteroatoms. The Morgan fingerprint density at radius 1 is 0.243 bits per heavy atom. The quantitative estimate of drug-likeness (QED) is 0.0525. The Hall–Kier alpha value is -11.0. The molecule has 14 rings (SSSR count). The summed E-state index contributed by atoms with van der Waals surface area (Å²) in [4.78, 5) is 25.0. The molecule has 0 amide bonds. The van der Waals surface area contributed by atoms with Gasteiger partial charge in [-0.05, 0) is 142 Å². The molecule has 0 bridgehead atoms. The number of rotatable bonds is 21. The Kier molecular flexibility index (Phi) is 19.1. The Labute approximate surface area is 611 Å². The van der Waals surface area contributed by atoms with Crippen molar-refractivity contribution in [3.8, 4) is 28.7 Å². The largest absolute Gasteiger partial charge is 0.457 e. The van der Waals surface area contributed by atoms with Gasteiger partial charge in [0.25, 0.3) is 0 Å². The highest BCUT2D eigenvalue weighted by molar-refractivity contribution is 6.91. The number of anilines is 12. The summed E-state index contributed by atoms with van der Waals surface area (Å²) in [6.45, 7) is 29.1. The minimum absolute atomic E-state index is 0.0953. The zero-order valence-corrected chi connectivity index (χ0v) is 65.1. The highest BCUT2D eigenvalue weighted by Gasteiger charge is 2.33. The lowest BCUT2D eigenvalue weighted by Crippen LogP contribution is -2.43. The summed E-state index contributed by atoms with van der Waals surface area (Å²) in [6, 6.07) is 113. The summed E-state index contributed by atoms with van der Waals surface area (Å²) in [5.74, 6) is 2.38. The molecule has 0 saturated carbocycles. The first-order valence-electron chi connectivity index (χ1n) is 35.7. The molecule has 0 aliphatic rings. The van der Waals surface area contributed by atoms with Crippen LogP contribution in [0.2, 0.25) is 78.6 Å². The number of para-hydroxylation sites is 9. The molecule has 0 atom stereocenters. The molecule has 0 radical (unpaired) electrons. The monoisotopic (exact) mass is 1410 g/mol. The fourth-order valence-corrected chi connectivity index (χ4v) is 20.5. The molecular weight excluding hydrogens is 1320 g/mol. The van der Waals surface area contributed by atoms with Gasteiger partial charge < -0.3 is 33.6 Å². The van der Waals surface area contributed by atoms with Crippen molar-refractivity contribution in [1.82, 2.24) is 4.57 Å². The summed E-state index contributed by atoms with van der Waals surface area (Å²) < 4.78 is 17.0. The smallest absolute Gasteiger partial charge is 0.197 e. The summed E-state index contributed by atoms with van der Waals surface area (Å²) in [6.07, 6.45) is 0. The van der Waals surface area contributed by atoms with Gasteiger partial charge in [-0.25, -0.2) is 0 Å². The van der Waals surface area contributed by atoms with Gasteiger partial charge in [0.15, 0.2) is 5.43 Å². The first-order chi connectivity index (χ1) is 49.5. The summed E-state index contributed by atoms with van der Waals surface area (Å²) in [5, 5.41) is 6.52. The second kappa shape index (κ2) is 28.4. The van der Waals surface area contributed by atoms with E-state index < -0.39 is 32.3 Å². The Morgan fingerprint density at radius 3 is 0.777 bits per heavy atom. The molecule has 0 saturated heterocycles. The minimum Gasteiger partial charge on any atom is -0.457 e. The number of nitrogens with zero attached hydrogens (tertiary/aromatic N) is 5. The zero-order chi connectivity index (χ0) is 71.8. The van der Waals surface area contributed by atoms with Crippen LogP contribution in [0.15, 0.2) is 326 Å². The van der Waals surface area contributed by atoms with E-state index in [1.54, 1.807) is 0 Å². The summed E-state index contributed by atoms with van der Waals surface area (Å²) in [7, 11) is -7.90. The molecule has 512 valence electrons. The van der Waals surface area contributed by atoms with Crippen LogP contribution in [0.25, 0.3) is 27.5 Å². The number of pyridine rings is 1. The average Bonchev–Trinajstić information content (AvgIpc) is 0.753. The number of ether oxygens (including phenoxy) is 2. The van der Waals surface area contributed by atoms with Gasteiger partial charge in [-0.1, -0.05) is 242 Å². The van der Waals surface area contributed by atoms with Gasteiger partial charge in [-0.15, -0.1) is 0 Å². The third kappa shape index (κ3) is 14.5. The van der Waals surface area contributed by atoms with Crippen LogP contribution in [0, 0.1) is 0 Å². The third-order valence-corrected chi connectivity index (χ3v) is 27.2. The molecule has 0 spiro atoms. The molecule has 103 heavy (non-hydrogen) atoms. The predicted molar refractivity (Wildman–Crippen MR) is 451 cm³/mol. The normalized spacial score (nSPS) is 11.9. The van der Waals surface area contributed by atoms with Crippen molar-refractivity contribution in [2.45, 2.75) is 78.6 Å². The lowest BCUT2D eigenvalue weighted by atomic mass is 10.1. The lowest BCUT2D eigenvalue weighted by molar-refractivity contribution is 0.483. The van der Waals surface area contributed by atoms with E-state index in [9.17, 15) is 0 Å². The van der Waals surface area contributed by atoms with Crippen molar-refractivity contribution >= 4 is 143 Å². The Morgan fingerprint density at radius 2 is 0.495 bits per heavy atom. The Balaban J connectivity index is 0.967. The highest BCUT2D eigenvalue weighted by Crippen LogP contribution is 2.47. The number of hydrogen-bond acceptors (Lipinski definition) is 7. The van der Waals surface area contributed by atoms with E-state index >= 15 is 4.79 Å². The molecule has 1 aromatic heterocycles. The third-order valence-electron chi connectivity index (χ3n) is 19.0. The maximum atomic E-state index is 15.5. The zero-order valence-electron chi connectivity index (χ0n) is 61.1. The van der Waals surface area contributed by atoms with Crippen LogP contribution in [0.4, 0.5) is 68.2 Å². The first kappa shape index (κ1) is 69.1. The second-order valence-corrected chi connectivity index (χ2v) is 50.8. The van der Waals surface area contributed by atoms with Gasteiger partial charge in [0.2, 0.25) is 0 Å². The molecule has 14 aromatic rings. The lowest BCUT2D eigenvalue weighted by Gasteiger charge is -2.35. The first-order valence-corrected chi connectivity index (χ1v) is 49.7. The topological polar surface area (TPSA) is 53.4 Å². The van der Waals surface area contributed by atoms with E-state index in [4.69, 9.17) is 9.47 Å². The molecule has 0 N–H and O–H groups in total. The fourth-order valence-electron chi connectivity index (χ4n) is 14.3. The van der Waals surface area contributed by atoms with E-state index in [-0.39, 0.29) is 5.43 Å². The summed E-state index contributed by atoms with van der Waals surface area (Å²) in [5.41, 5.74) is 14.5. The number of benzene rings is 13. The van der Waals surface area contributed by atoms with Crippen molar-refractivity contribution < 1.29 is 9.47 Å². The Bertz CT molecular complexity index is 4930. The minimum atomic E-state index is -1.98. The van der Waals surface area contributed by atoms with Gasteiger partial charge in [0, 0.05) is 98.4 Å². The van der Waals surface area contributed by atoms with Crippen molar-refractivity contribution in [3.05, 3.63) is 332 Å². The van der Waals surface area contributed by atoms with Gasteiger partial charge >= 0.3 is 0 Å². The number of fused-ring (bicyclic) bond motifs is 2. The molecular formula is C91H89N5O3Si4. The highest BCUT2D eigenvalue weighted by atomic mass is 28.3. The molecule has 0 aliphatic carbocycles. The van der Waals surface area contributed by atoms with Crippen LogP contribution in [0.3, 0.4) is 0 Å². The fraction of sp³-hybridized carbons (Fsp3) is 0.132. The van der Waals surface area contributed by atoms with E-state index in [0.29, 0.717) is 44.8 Å². The molecule has 0 aliphatic heterocycles. The van der Waals surface area contributed by atoms with Gasteiger partial charge in [-0.2, -0.15) is 0 Å². The molecule has 13 aromatic carbocycles. The van der Waals surface area contributed by atoms with Crippen molar-refractivity contribution in [2.24, 2.45) is 0 Å². The summed E-state index contributed by atoms with van der Waals surface area (Å²) >= 11 is 0. The van der Waals surface area contributed by atoms with Crippen LogP contribution in [0.1, 0.15) is 0 Å². The van der Waals surface area contributed by atoms with Crippen LogP contribution in [-0.2, 0) is 0 Å². The van der Waals surface area contributed by atoms with Gasteiger partial charge in [0.1, 0.15) is 23.0 Å². The SMILES string of the molecule is C[Si](C)(C)c1ccccc1N(c1cc(Oc2ccc3c(=O)c4ccc(Oc5cc(N(c6ccccc6)c6ccccc6)cc(N(c6ccccc6[Si](C)(C)C)c6ccccc6[Si](C)(C)C)c5)cc4n(-c4ccccc4)c3c2)cc(N(c2ccccc2)c2ccccc2)c1)c1ccccc1[Si](C)(C)C. The molecule has 0 fully saturated rings. The van der Waals surface area contributed by atoms with Crippen molar-refractivity contribution in [2.75, 3.05) is 19.6 Å². The van der Waals surface area contributed by atoms with E-state index in [1.807, 2.05) is 54.6 Å². The molecule has 0 unspecified atom stereocenters. The molecule has 1 heterocycles. The molecule has 8 nitrogen and oxygen atoms in total. The second-order valence-electron chi connectivity index (χ2n) is 30.7. The maximum Gasteiger partial charge on any atom is 0.197 e. The number of hydrogen-bond donors (Lipinski definition) is 0. The van der Waals surface area contributed by atoms with Gasteiger partial charge in [0.05, 0.1) is 66.1 Å². The van der Waals surface area contributed by atoms with Crippen LogP contribution < -0.4 is 55.2 Å². The number of aromatic nitrogens is 1. The van der Waals surface area contributed by atoms with Gasteiger partial charge in [-0.3, -0.25) is 4.79 Å². The van der Waals surface area contributed by atoms with Crippen LogP contribution >= 0.6 is 0 Å². The van der Waals surface area contributed by atoms with E-state index in [2.05, 4.69) is 370 Å². The van der Waals surface area contributed by atoms with E-state index in [0.717, 1.165) is 73.9 Å². The predicted octanol–water partition coefficient (Wildman–Crippen LogP) is 23.8. The van der Waals surface area contributed by atoms with Crippen LogP contribution in [-0.4, -0.2) is 36.9 Å². The van der Waals surface area contributed by atoms with Crippen molar-refractivity contribution in [1.29, 1.82) is 0 Å². The van der Waals surface area contributed by atoms with Crippen LogP contribution in [0.5, 0.6) is 23.0 Å². The maximum absolute atomic E-state index is 15.5. The van der Waals surface area contributed by atoms with E-state index in [1.165, 1.54) is 20.7 Å². The van der Waals surface area contributed by atoms with Crippen molar-refractivity contribution in [3.63, 3.8) is 0 Å². The average molecular weight is 1410 g/mol.